The van der Waals surface area contributed by atoms with Crippen LogP contribution < -0.4 is 0 Å². The Balaban J connectivity index is 1.65. The molecule has 3 N–H and O–H groups in total. The predicted octanol–water partition coefficient (Wildman–Crippen LogP) is 2.93. The highest BCUT2D eigenvalue weighted by Gasteiger charge is 2.59. The van der Waals surface area contributed by atoms with Crippen molar-refractivity contribution < 1.29 is 14.9 Å². The average molecular weight is 338 g/mol. The Labute approximate surface area is 143 Å². The SMILES string of the molecule is C[C@]12CC[C@](C)(O1)c1c2c(O)n(-c2ccc(-c3ncn[nH]3)cc2)c1O. The number of hydrogen-bond acceptors (Lipinski definition) is 5. The number of aromatic amines is 1. The van der Waals surface area contributed by atoms with E-state index < -0.39 is 11.2 Å². The van der Waals surface area contributed by atoms with E-state index in [1.54, 1.807) is 0 Å². The van der Waals surface area contributed by atoms with Crippen LogP contribution in [0.3, 0.4) is 0 Å². The van der Waals surface area contributed by atoms with E-state index in [4.69, 9.17) is 4.74 Å². The molecule has 0 amide bonds. The number of nitrogens with zero attached hydrogens (tertiary/aromatic N) is 3. The van der Waals surface area contributed by atoms with E-state index in [0.29, 0.717) is 22.6 Å². The van der Waals surface area contributed by atoms with E-state index >= 15 is 0 Å². The van der Waals surface area contributed by atoms with Crippen LogP contribution in [0, 0.1) is 0 Å². The number of hydrogen-bond donors (Lipinski definition) is 3. The van der Waals surface area contributed by atoms with Gasteiger partial charge in [0.15, 0.2) is 5.82 Å². The lowest BCUT2D eigenvalue weighted by molar-refractivity contribution is -0.0683. The Hall–Kier alpha value is -2.80. The molecule has 2 aliphatic rings. The highest BCUT2D eigenvalue weighted by molar-refractivity contribution is 5.62. The molecular formula is C18H18N4O3. The van der Waals surface area contributed by atoms with Crippen molar-refractivity contribution >= 4 is 0 Å². The summed E-state index contributed by atoms with van der Waals surface area (Å²) in [4.78, 5) is 4.12. The van der Waals surface area contributed by atoms with E-state index in [2.05, 4.69) is 15.2 Å². The largest absolute Gasteiger partial charge is 0.494 e. The van der Waals surface area contributed by atoms with Crippen LogP contribution in [0.1, 0.15) is 37.8 Å². The highest BCUT2D eigenvalue weighted by Crippen LogP contribution is 2.64. The number of nitrogens with one attached hydrogen (secondary N) is 1. The third-order valence-electron chi connectivity index (χ3n) is 5.52. The van der Waals surface area contributed by atoms with Crippen molar-refractivity contribution in [2.24, 2.45) is 0 Å². The molecule has 0 saturated carbocycles. The Kier molecular flexibility index (Phi) is 2.57. The van der Waals surface area contributed by atoms with E-state index in [9.17, 15) is 10.2 Å². The molecule has 5 rings (SSSR count). The maximum Gasteiger partial charge on any atom is 0.205 e. The van der Waals surface area contributed by atoms with Gasteiger partial charge in [0, 0.05) is 5.56 Å². The van der Waals surface area contributed by atoms with Gasteiger partial charge in [-0.1, -0.05) is 0 Å². The lowest BCUT2D eigenvalue weighted by Crippen LogP contribution is -2.17. The maximum atomic E-state index is 10.8. The molecular weight excluding hydrogens is 320 g/mol. The number of H-pyrrole nitrogens is 1. The minimum atomic E-state index is -0.545. The maximum absolute atomic E-state index is 10.8. The van der Waals surface area contributed by atoms with Crippen LogP contribution in [-0.4, -0.2) is 30.0 Å². The van der Waals surface area contributed by atoms with Crippen LogP contribution in [0.25, 0.3) is 17.1 Å². The van der Waals surface area contributed by atoms with Crippen LogP contribution >= 0.6 is 0 Å². The molecule has 0 unspecified atom stereocenters. The first-order valence-electron chi connectivity index (χ1n) is 8.27. The molecule has 0 aliphatic carbocycles. The van der Waals surface area contributed by atoms with Gasteiger partial charge in [-0.15, -0.1) is 0 Å². The third kappa shape index (κ3) is 1.73. The summed E-state index contributed by atoms with van der Waals surface area (Å²) in [6.45, 7) is 3.95. The Morgan fingerprint density at radius 1 is 1.04 bits per heavy atom. The molecule has 128 valence electrons. The smallest absolute Gasteiger partial charge is 0.205 e. The average Bonchev–Trinajstić information content (AvgIpc) is 3.31. The van der Waals surface area contributed by atoms with Crippen LogP contribution in [0.4, 0.5) is 0 Å². The predicted molar refractivity (Wildman–Crippen MR) is 89.5 cm³/mol. The minimum absolute atomic E-state index is 0.0471. The molecule has 0 spiro atoms. The zero-order valence-corrected chi connectivity index (χ0v) is 13.9. The summed E-state index contributed by atoms with van der Waals surface area (Å²) in [6.07, 6.45) is 3.12. The van der Waals surface area contributed by atoms with E-state index in [-0.39, 0.29) is 11.8 Å². The van der Waals surface area contributed by atoms with Crippen molar-refractivity contribution in [3.05, 3.63) is 41.7 Å². The molecule has 2 atom stereocenters. The number of aromatic hydroxyl groups is 2. The molecule has 25 heavy (non-hydrogen) atoms. The molecule has 1 saturated heterocycles. The Morgan fingerprint density at radius 2 is 1.64 bits per heavy atom. The van der Waals surface area contributed by atoms with E-state index in [1.807, 2.05) is 38.1 Å². The van der Waals surface area contributed by atoms with E-state index in [0.717, 1.165) is 18.4 Å². The van der Waals surface area contributed by atoms with Crippen molar-refractivity contribution in [3.8, 4) is 28.8 Å². The summed E-state index contributed by atoms with van der Waals surface area (Å²) in [7, 11) is 0. The third-order valence-corrected chi connectivity index (χ3v) is 5.52. The molecule has 7 heteroatoms. The number of fused-ring (bicyclic) bond motifs is 5. The molecule has 1 aromatic carbocycles. The lowest BCUT2D eigenvalue weighted by Gasteiger charge is -2.21. The quantitative estimate of drug-likeness (QED) is 0.667. The van der Waals surface area contributed by atoms with Gasteiger partial charge in [-0.05, 0) is 51.0 Å². The van der Waals surface area contributed by atoms with Gasteiger partial charge in [-0.25, -0.2) is 4.98 Å². The van der Waals surface area contributed by atoms with Crippen molar-refractivity contribution in [2.75, 3.05) is 0 Å². The molecule has 3 aromatic rings. The number of aromatic nitrogens is 4. The van der Waals surface area contributed by atoms with E-state index in [1.165, 1.54) is 10.9 Å². The molecule has 1 fully saturated rings. The summed E-state index contributed by atoms with van der Waals surface area (Å²) in [5.74, 6) is 0.762. The summed E-state index contributed by atoms with van der Waals surface area (Å²) >= 11 is 0. The summed E-state index contributed by atoms with van der Waals surface area (Å²) in [6, 6.07) is 7.41. The fourth-order valence-electron chi connectivity index (χ4n) is 4.34. The van der Waals surface area contributed by atoms with Crippen molar-refractivity contribution in [3.63, 3.8) is 0 Å². The van der Waals surface area contributed by atoms with Crippen molar-refractivity contribution in [1.82, 2.24) is 19.7 Å². The van der Waals surface area contributed by atoms with Crippen LogP contribution in [0.2, 0.25) is 0 Å². The van der Waals surface area contributed by atoms with Gasteiger partial charge in [0.1, 0.15) is 6.33 Å². The first-order valence-corrected chi connectivity index (χ1v) is 8.27. The number of benzene rings is 1. The highest BCUT2D eigenvalue weighted by atomic mass is 16.5. The van der Waals surface area contributed by atoms with Gasteiger partial charge in [-0.3, -0.25) is 9.67 Å². The van der Waals surface area contributed by atoms with Gasteiger partial charge < -0.3 is 14.9 Å². The lowest BCUT2D eigenvalue weighted by atomic mass is 9.80. The minimum Gasteiger partial charge on any atom is -0.494 e. The second-order valence-corrected chi connectivity index (χ2v) is 7.18. The van der Waals surface area contributed by atoms with Gasteiger partial charge in [-0.2, -0.15) is 5.10 Å². The fourth-order valence-corrected chi connectivity index (χ4v) is 4.34. The molecule has 7 nitrogen and oxygen atoms in total. The summed E-state index contributed by atoms with van der Waals surface area (Å²) in [5.41, 5.74) is 1.88. The number of rotatable bonds is 2. The molecule has 2 aliphatic heterocycles. The second kappa shape index (κ2) is 4.43. The zero-order chi connectivity index (χ0) is 17.4. The summed E-state index contributed by atoms with van der Waals surface area (Å²) in [5, 5.41) is 28.3. The molecule has 0 radical (unpaired) electrons. The standard InChI is InChI=1S/C18H18N4O3/c1-17-7-8-18(2,25-17)13-12(17)15(23)22(16(13)24)11-5-3-10(4-6-11)14-19-9-20-21-14/h3-6,9,23-24H,7-8H2,1-2H3,(H,19,20,21)/t17-,18+. The second-order valence-electron chi connectivity index (χ2n) is 7.18. The summed E-state index contributed by atoms with van der Waals surface area (Å²) < 4.78 is 7.61. The van der Waals surface area contributed by atoms with Crippen LogP contribution in [-0.2, 0) is 15.9 Å². The van der Waals surface area contributed by atoms with Gasteiger partial charge in [0.05, 0.1) is 28.0 Å². The number of ether oxygens (including phenoxy) is 1. The Morgan fingerprint density at radius 3 is 2.16 bits per heavy atom. The topological polar surface area (TPSA) is 96.2 Å². The van der Waals surface area contributed by atoms with Crippen molar-refractivity contribution in [1.29, 1.82) is 0 Å². The van der Waals surface area contributed by atoms with Crippen LogP contribution in [0.15, 0.2) is 30.6 Å². The first kappa shape index (κ1) is 14.5. The Bertz CT molecular complexity index is 937. The molecule has 2 aromatic heterocycles. The zero-order valence-electron chi connectivity index (χ0n) is 13.9. The van der Waals surface area contributed by atoms with Gasteiger partial charge in [0.2, 0.25) is 11.8 Å². The fraction of sp³-hybridized carbons (Fsp3) is 0.333. The first-order chi connectivity index (χ1) is 11.9. The van der Waals surface area contributed by atoms with Gasteiger partial charge in [0.25, 0.3) is 0 Å². The van der Waals surface area contributed by atoms with Crippen molar-refractivity contribution in [2.45, 2.75) is 37.9 Å². The molecule has 4 heterocycles. The van der Waals surface area contributed by atoms with Crippen LogP contribution in [0.5, 0.6) is 11.8 Å². The monoisotopic (exact) mass is 338 g/mol. The molecule has 2 bridgehead atoms. The van der Waals surface area contributed by atoms with Gasteiger partial charge >= 0.3 is 0 Å². The normalized spacial score (nSPS) is 27.0.